The molecule has 0 aliphatic heterocycles. The number of alkyl halides is 3. The highest BCUT2D eigenvalue weighted by Crippen LogP contribution is 2.24. The molecule has 0 N–H and O–H groups in total. The molecule has 4 aromatic carbocycles. The topological polar surface area (TPSA) is 61.1 Å². The van der Waals surface area contributed by atoms with Gasteiger partial charge in [0.15, 0.2) is 10.1 Å². The molecule has 5 aromatic rings. The molecule has 0 fully saturated rings. The summed E-state index contributed by atoms with van der Waals surface area (Å²) < 4.78 is 60.9. The van der Waals surface area contributed by atoms with Crippen molar-refractivity contribution in [1.29, 1.82) is 0 Å². The Labute approximate surface area is 269 Å². The van der Waals surface area contributed by atoms with Gasteiger partial charge < -0.3 is 4.55 Å². The van der Waals surface area contributed by atoms with Crippen molar-refractivity contribution in [1.82, 2.24) is 0 Å². The summed E-state index contributed by atoms with van der Waals surface area (Å²) in [6, 6.07) is 38.0. The fourth-order valence-corrected chi connectivity index (χ4v) is 4.32. The van der Waals surface area contributed by atoms with E-state index in [0.717, 1.165) is 54.8 Å². The summed E-state index contributed by atoms with van der Waals surface area (Å²) in [4.78, 5) is 0. The number of hydrogen-bond acceptors (Lipinski definition) is 3. The lowest BCUT2D eigenvalue weighted by Gasteiger charge is -2.08. The van der Waals surface area contributed by atoms with E-state index in [-0.39, 0.29) is 0 Å². The van der Waals surface area contributed by atoms with Crippen LogP contribution in [0.2, 0.25) is 10.0 Å². The Kier molecular flexibility index (Phi) is 10.7. The molecule has 0 saturated carbocycles. The maximum Gasteiger partial charge on any atom is 0.485 e. The van der Waals surface area contributed by atoms with Crippen LogP contribution in [0.25, 0.3) is 22.3 Å². The summed E-state index contributed by atoms with van der Waals surface area (Å²) in [5.41, 5.74) is 2.42. The largest absolute Gasteiger partial charge is 0.741 e. The average molecular weight is 665 g/mol. The van der Waals surface area contributed by atoms with Gasteiger partial charge in [0.1, 0.15) is 7.05 Å². The van der Waals surface area contributed by atoms with Gasteiger partial charge in [0.2, 0.25) is 0 Å². The van der Waals surface area contributed by atoms with Crippen LogP contribution < -0.4 is 4.57 Å². The summed E-state index contributed by atoms with van der Waals surface area (Å²) in [6.07, 6.45) is 0. The van der Waals surface area contributed by atoms with E-state index < -0.39 is 15.6 Å². The van der Waals surface area contributed by atoms with Crippen LogP contribution in [0.3, 0.4) is 0 Å². The number of rotatable bonds is 2. The number of benzene rings is 4. The molecular formula is C35H22Cl2F3NO3S. The van der Waals surface area contributed by atoms with Crippen LogP contribution >= 0.6 is 23.2 Å². The average Bonchev–Trinajstić information content (AvgIpc) is 3.00. The molecule has 0 unspecified atom stereocenters. The molecule has 0 spiro atoms. The Bertz CT molecular complexity index is 1930. The number of halogens is 5. The number of hydrogen-bond donors (Lipinski definition) is 0. The van der Waals surface area contributed by atoms with Gasteiger partial charge in [-0.3, -0.25) is 0 Å². The molecule has 1 aromatic heterocycles. The van der Waals surface area contributed by atoms with Crippen LogP contribution in [0.4, 0.5) is 13.2 Å². The van der Waals surface area contributed by atoms with Crippen molar-refractivity contribution < 1.29 is 30.7 Å². The Morgan fingerprint density at radius 2 is 0.956 bits per heavy atom. The minimum absolute atomic E-state index is 0.728. The molecule has 0 aliphatic carbocycles. The van der Waals surface area contributed by atoms with E-state index in [1.54, 1.807) is 0 Å². The van der Waals surface area contributed by atoms with E-state index in [4.69, 9.17) is 36.2 Å². The fourth-order valence-electron chi connectivity index (χ4n) is 3.94. The zero-order valence-electron chi connectivity index (χ0n) is 23.4. The zero-order chi connectivity index (χ0) is 32.6. The maximum atomic E-state index is 10.7. The highest BCUT2D eigenvalue weighted by Gasteiger charge is 2.36. The monoisotopic (exact) mass is 663 g/mol. The third-order valence-corrected chi connectivity index (χ3v) is 7.31. The van der Waals surface area contributed by atoms with Crippen molar-refractivity contribution in [2.45, 2.75) is 5.51 Å². The van der Waals surface area contributed by atoms with E-state index >= 15 is 0 Å². The van der Waals surface area contributed by atoms with Crippen LogP contribution in [0, 0.1) is 23.7 Å². The molecule has 0 amide bonds. The summed E-state index contributed by atoms with van der Waals surface area (Å²) >= 11 is 12.2. The maximum absolute atomic E-state index is 10.7. The minimum atomic E-state index is -6.09. The number of pyridine rings is 1. The van der Waals surface area contributed by atoms with Crippen molar-refractivity contribution in [2.24, 2.45) is 7.05 Å². The Morgan fingerprint density at radius 3 is 1.29 bits per heavy atom. The zero-order valence-corrected chi connectivity index (χ0v) is 25.8. The molecule has 0 atom stereocenters. The molecule has 4 nitrogen and oxygen atoms in total. The van der Waals surface area contributed by atoms with Crippen molar-refractivity contribution in [3.63, 3.8) is 0 Å². The Hall–Kier alpha value is -4.57. The minimum Gasteiger partial charge on any atom is -0.741 e. The van der Waals surface area contributed by atoms with Gasteiger partial charge in [0.25, 0.3) is 11.4 Å². The van der Waals surface area contributed by atoms with Crippen molar-refractivity contribution in [3.05, 3.63) is 148 Å². The van der Waals surface area contributed by atoms with Gasteiger partial charge in [-0.05, 0) is 76.9 Å². The van der Waals surface area contributed by atoms with Gasteiger partial charge >= 0.3 is 5.51 Å². The van der Waals surface area contributed by atoms with Gasteiger partial charge in [-0.25, -0.2) is 8.42 Å². The second kappa shape index (κ2) is 14.5. The van der Waals surface area contributed by atoms with Gasteiger partial charge in [0.05, 0.1) is 0 Å². The lowest BCUT2D eigenvalue weighted by molar-refractivity contribution is -0.676. The number of nitrogens with zero attached hydrogens (tertiary/aromatic N) is 1. The first-order chi connectivity index (χ1) is 21.3. The second-order valence-electron chi connectivity index (χ2n) is 9.43. The molecule has 5 rings (SSSR count). The Balaban J connectivity index is 0.000000510. The highest BCUT2D eigenvalue weighted by molar-refractivity contribution is 7.86. The molecule has 10 heteroatoms. The van der Waals surface area contributed by atoms with Crippen molar-refractivity contribution in [2.75, 3.05) is 0 Å². The lowest BCUT2D eigenvalue weighted by Crippen LogP contribution is -2.36. The fraction of sp³-hybridized carbons (Fsp3) is 0.0571. The van der Waals surface area contributed by atoms with E-state index in [0.29, 0.717) is 0 Å². The molecule has 0 saturated heterocycles. The summed E-state index contributed by atoms with van der Waals surface area (Å²) in [5.74, 6) is 13.1. The Morgan fingerprint density at radius 1 is 0.600 bits per heavy atom. The first-order valence-corrected chi connectivity index (χ1v) is 15.2. The van der Waals surface area contributed by atoms with Crippen LogP contribution in [-0.2, 0) is 17.2 Å². The van der Waals surface area contributed by atoms with Crippen LogP contribution in [0.15, 0.2) is 115 Å². The SMILES string of the molecule is C[n+]1c(C#Cc2ccc(-c3cccc(Cl)c3)cc2)cccc1C#Cc1ccc(-c2cccc(Cl)c2)cc1.O=S(=O)([O-])C(F)(F)F. The molecule has 226 valence electrons. The normalized spacial score (nSPS) is 10.8. The summed E-state index contributed by atoms with van der Waals surface area (Å²) in [6.45, 7) is 0. The molecular weight excluding hydrogens is 642 g/mol. The molecule has 0 aliphatic rings. The molecule has 45 heavy (non-hydrogen) atoms. The molecule has 0 bridgehead atoms. The van der Waals surface area contributed by atoms with Crippen LogP contribution in [-0.4, -0.2) is 18.5 Å². The second-order valence-corrected chi connectivity index (χ2v) is 11.7. The smallest absolute Gasteiger partial charge is 0.485 e. The lowest BCUT2D eigenvalue weighted by atomic mass is 10.0. The van der Waals surface area contributed by atoms with Gasteiger partial charge in [-0.15, -0.1) is 0 Å². The molecule has 1 heterocycles. The highest BCUT2D eigenvalue weighted by atomic mass is 35.5. The summed E-state index contributed by atoms with van der Waals surface area (Å²) in [5, 5.41) is 1.46. The van der Waals surface area contributed by atoms with Crippen LogP contribution in [0.1, 0.15) is 22.5 Å². The third-order valence-electron chi connectivity index (χ3n) is 6.27. The van der Waals surface area contributed by atoms with Gasteiger partial charge in [-0.1, -0.05) is 83.6 Å². The predicted molar refractivity (Wildman–Crippen MR) is 169 cm³/mol. The van der Waals surface area contributed by atoms with Crippen molar-refractivity contribution >= 4 is 33.3 Å². The predicted octanol–water partition coefficient (Wildman–Crippen LogP) is 8.00. The third kappa shape index (κ3) is 9.46. The molecule has 0 radical (unpaired) electrons. The van der Waals surface area contributed by atoms with Gasteiger partial charge in [0, 0.05) is 45.1 Å². The van der Waals surface area contributed by atoms with Crippen molar-refractivity contribution in [3.8, 4) is 45.9 Å². The number of aromatic nitrogens is 1. The van der Waals surface area contributed by atoms with E-state index in [2.05, 4.69) is 47.9 Å². The first kappa shape index (κ1) is 33.3. The standard InChI is InChI=1S/C34H22Cl2N.CHF3O3S/c1-37-33(21-15-25-11-17-27(18-12-25)29-5-2-7-31(35)23-29)9-4-10-34(37)22-16-26-13-19-28(20-14-26)30-6-3-8-32(36)24-30;2-1(3,4)8(5,6)7/h2-14,17-20,23-24H,1H3;(H,5,6,7)/q+1;/p-1. The van der Waals surface area contributed by atoms with E-state index in [1.807, 2.05) is 103 Å². The quantitative estimate of drug-likeness (QED) is 0.0832. The van der Waals surface area contributed by atoms with E-state index in [1.165, 1.54) is 0 Å². The summed E-state index contributed by atoms with van der Waals surface area (Å²) in [7, 11) is -4.11. The first-order valence-electron chi connectivity index (χ1n) is 13.1. The van der Waals surface area contributed by atoms with Gasteiger partial charge in [-0.2, -0.15) is 17.7 Å². The van der Waals surface area contributed by atoms with Crippen LogP contribution in [0.5, 0.6) is 0 Å². The van der Waals surface area contributed by atoms with E-state index in [9.17, 15) is 13.2 Å².